The monoisotopic (exact) mass is 212 g/mol. The van der Waals surface area contributed by atoms with Crippen molar-refractivity contribution in [2.24, 2.45) is 5.73 Å². The van der Waals surface area contributed by atoms with Crippen LogP contribution in [0.15, 0.2) is 0 Å². The Morgan fingerprint density at radius 2 is 1.80 bits per heavy atom. The summed E-state index contributed by atoms with van der Waals surface area (Å²) >= 11 is 0. The average molecular weight is 212 g/mol. The van der Waals surface area contributed by atoms with Crippen LogP contribution in [-0.4, -0.2) is 29.6 Å². The van der Waals surface area contributed by atoms with Crippen molar-refractivity contribution in [1.82, 2.24) is 4.90 Å². The molecule has 2 heteroatoms. The first kappa shape index (κ1) is 13.0. The Bertz CT molecular complexity index is 163. The highest BCUT2D eigenvalue weighted by Crippen LogP contribution is 2.36. The zero-order valence-corrected chi connectivity index (χ0v) is 10.8. The van der Waals surface area contributed by atoms with E-state index in [9.17, 15) is 0 Å². The number of rotatable bonds is 8. The highest BCUT2D eigenvalue weighted by atomic mass is 15.3. The smallest absolute Gasteiger partial charge is 0.0329 e. The van der Waals surface area contributed by atoms with Gasteiger partial charge in [-0.1, -0.05) is 27.2 Å². The second-order valence-corrected chi connectivity index (χ2v) is 4.91. The lowest BCUT2D eigenvalue weighted by Gasteiger charge is -2.43. The predicted octanol–water partition coefficient (Wildman–Crippen LogP) is 2.77. The van der Waals surface area contributed by atoms with E-state index in [4.69, 9.17) is 5.73 Å². The van der Waals surface area contributed by atoms with Gasteiger partial charge in [0.1, 0.15) is 0 Å². The van der Waals surface area contributed by atoms with Crippen LogP contribution in [0.2, 0.25) is 0 Å². The van der Waals surface area contributed by atoms with Crippen LogP contribution >= 0.6 is 0 Å². The van der Waals surface area contributed by atoms with Crippen LogP contribution in [0.1, 0.15) is 59.3 Å². The lowest BCUT2D eigenvalue weighted by Crippen LogP contribution is -2.54. The second kappa shape index (κ2) is 5.86. The molecule has 90 valence electrons. The van der Waals surface area contributed by atoms with Crippen molar-refractivity contribution in [1.29, 1.82) is 0 Å². The Morgan fingerprint density at radius 3 is 2.13 bits per heavy atom. The Labute approximate surface area is 95.2 Å². The van der Waals surface area contributed by atoms with Crippen LogP contribution in [0.3, 0.4) is 0 Å². The van der Waals surface area contributed by atoms with Gasteiger partial charge in [0.25, 0.3) is 0 Å². The summed E-state index contributed by atoms with van der Waals surface area (Å²) in [5.41, 5.74) is 6.31. The minimum atomic E-state index is 0.288. The summed E-state index contributed by atoms with van der Waals surface area (Å²) in [6.07, 6.45) is 7.78. The summed E-state index contributed by atoms with van der Waals surface area (Å²) in [5.74, 6) is 0. The molecule has 1 aliphatic rings. The fraction of sp³-hybridized carbons (Fsp3) is 1.00. The molecule has 0 saturated heterocycles. The third-order valence-corrected chi connectivity index (χ3v) is 4.05. The van der Waals surface area contributed by atoms with Crippen molar-refractivity contribution in [3.8, 4) is 0 Å². The molecule has 0 aromatic rings. The van der Waals surface area contributed by atoms with Crippen LogP contribution in [0.25, 0.3) is 0 Å². The predicted molar refractivity (Wildman–Crippen MR) is 67.0 cm³/mol. The van der Waals surface area contributed by atoms with E-state index in [0.29, 0.717) is 0 Å². The first-order chi connectivity index (χ1) is 7.24. The van der Waals surface area contributed by atoms with E-state index in [1.165, 1.54) is 45.1 Å². The van der Waals surface area contributed by atoms with Gasteiger partial charge >= 0.3 is 0 Å². The van der Waals surface area contributed by atoms with Gasteiger partial charge < -0.3 is 5.73 Å². The quantitative estimate of drug-likeness (QED) is 0.670. The molecular weight excluding hydrogens is 184 g/mol. The third kappa shape index (κ3) is 2.94. The fourth-order valence-electron chi connectivity index (χ4n) is 2.58. The maximum absolute atomic E-state index is 6.03. The van der Waals surface area contributed by atoms with Crippen molar-refractivity contribution in [3.05, 3.63) is 0 Å². The molecule has 1 saturated carbocycles. The summed E-state index contributed by atoms with van der Waals surface area (Å²) in [5, 5.41) is 0. The van der Waals surface area contributed by atoms with Gasteiger partial charge in [0.2, 0.25) is 0 Å². The Kier molecular flexibility index (Phi) is 5.07. The molecule has 0 aromatic carbocycles. The topological polar surface area (TPSA) is 29.3 Å². The maximum atomic E-state index is 6.03. The standard InChI is InChI=1S/C13H28N2/c1-4-7-10-15(12-8-9-12)13(5-2,6-3)11-14/h12H,4-11,14H2,1-3H3. The number of unbranched alkanes of at least 4 members (excludes halogenated alkanes) is 1. The van der Waals surface area contributed by atoms with Gasteiger partial charge in [0.15, 0.2) is 0 Å². The van der Waals surface area contributed by atoms with Gasteiger partial charge in [-0.3, -0.25) is 4.90 Å². The second-order valence-electron chi connectivity index (χ2n) is 4.91. The van der Waals surface area contributed by atoms with Gasteiger partial charge in [-0.2, -0.15) is 0 Å². The molecule has 0 bridgehead atoms. The van der Waals surface area contributed by atoms with Crippen LogP contribution in [0.5, 0.6) is 0 Å². The van der Waals surface area contributed by atoms with E-state index >= 15 is 0 Å². The molecule has 0 heterocycles. The Morgan fingerprint density at radius 1 is 1.20 bits per heavy atom. The van der Waals surface area contributed by atoms with Gasteiger partial charge in [-0.15, -0.1) is 0 Å². The molecule has 0 spiro atoms. The summed E-state index contributed by atoms with van der Waals surface area (Å²) in [6.45, 7) is 8.92. The lowest BCUT2D eigenvalue weighted by molar-refractivity contribution is 0.0744. The Balaban J connectivity index is 2.65. The molecule has 15 heavy (non-hydrogen) atoms. The first-order valence-corrected chi connectivity index (χ1v) is 6.70. The molecule has 0 atom stereocenters. The van der Waals surface area contributed by atoms with E-state index in [-0.39, 0.29) is 5.54 Å². The number of nitrogens with zero attached hydrogens (tertiary/aromatic N) is 1. The summed E-state index contributed by atoms with van der Waals surface area (Å²) in [4.78, 5) is 2.72. The van der Waals surface area contributed by atoms with E-state index < -0.39 is 0 Å². The molecule has 0 aliphatic heterocycles. The van der Waals surface area contributed by atoms with E-state index in [1.54, 1.807) is 0 Å². The van der Waals surface area contributed by atoms with Gasteiger partial charge in [0, 0.05) is 18.1 Å². The van der Waals surface area contributed by atoms with Crippen molar-refractivity contribution < 1.29 is 0 Å². The third-order valence-electron chi connectivity index (χ3n) is 4.05. The van der Waals surface area contributed by atoms with Crippen molar-refractivity contribution in [3.63, 3.8) is 0 Å². The normalized spacial score (nSPS) is 17.4. The van der Waals surface area contributed by atoms with Crippen LogP contribution < -0.4 is 5.73 Å². The Hall–Kier alpha value is -0.0800. The van der Waals surface area contributed by atoms with Gasteiger partial charge in [-0.25, -0.2) is 0 Å². The summed E-state index contributed by atoms with van der Waals surface area (Å²) in [6, 6.07) is 0.847. The summed E-state index contributed by atoms with van der Waals surface area (Å²) < 4.78 is 0. The molecule has 1 fully saturated rings. The van der Waals surface area contributed by atoms with Crippen LogP contribution in [-0.2, 0) is 0 Å². The van der Waals surface area contributed by atoms with E-state index in [1.807, 2.05) is 0 Å². The van der Waals surface area contributed by atoms with Crippen molar-refractivity contribution in [2.75, 3.05) is 13.1 Å². The zero-order valence-electron chi connectivity index (χ0n) is 10.8. The van der Waals surface area contributed by atoms with Crippen LogP contribution in [0, 0.1) is 0 Å². The maximum Gasteiger partial charge on any atom is 0.0329 e. The number of hydrogen-bond donors (Lipinski definition) is 1. The fourth-order valence-corrected chi connectivity index (χ4v) is 2.58. The SMILES string of the molecule is CCCCN(C1CC1)C(CC)(CC)CN. The molecule has 0 unspecified atom stereocenters. The minimum Gasteiger partial charge on any atom is -0.329 e. The summed E-state index contributed by atoms with van der Waals surface area (Å²) in [7, 11) is 0. The molecule has 0 amide bonds. The molecule has 1 rings (SSSR count). The lowest BCUT2D eigenvalue weighted by atomic mass is 9.90. The van der Waals surface area contributed by atoms with Crippen molar-refractivity contribution >= 4 is 0 Å². The number of hydrogen-bond acceptors (Lipinski definition) is 2. The van der Waals surface area contributed by atoms with E-state index in [0.717, 1.165) is 12.6 Å². The zero-order chi connectivity index (χ0) is 11.3. The molecule has 2 nitrogen and oxygen atoms in total. The van der Waals surface area contributed by atoms with Gasteiger partial charge in [0.05, 0.1) is 0 Å². The molecule has 0 aromatic heterocycles. The highest BCUT2D eigenvalue weighted by Gasteiger charge is 2.40. The van der Waals surface area contributed by atoms with Gasteiger partial charge in [-0.05, 0) is 38.6 Å². The van der Waals surface area contributed by atoms with E-state index in [2.05, 4.69) is 25.7 Å². The average Bonchev–Trinajstić information content (AvgIpc) is 3.09. The first-order valence-electron chi connectivity index (χ1n) is 6.70. The van der Waals surface area contributed by atoms with Crippen LogP contribution in [0.4, 0.5) is 0 Å². The highest BCUT2D eigenvalue weighted by molar-refractivity contribution is 4.97. The molecule has 2 N–H and O–H groups in total. The number of nitrogens with two attached hydrogens (primary N) is 1. The molecule has 1 aliphatic carbocycles. The molecular formula is C13H28N2. The minimum absolute atomic E-state index is 0.288. The molecule has 0 radical (unpaired) electrons. The largest absolute Gasteiger partial charge is 0.329 e. The van der Waals surface area contributed by atoms with Crippen molar-refractivity contribution in [2.45, 2.75) is 70.9 Å².